The third-order valence-corrected chi connectivity index (χ3v) is 7.47. The van der Waals surface area contributed by atoms with Gasteiger partial charge in [0.2, 0.25) is 0 Å². The first-order chi connectivity index (χ1) is 18.5. The number of para-hydroxylation sites is 1. The van der Waals surface area contributed by atoms with Crippen LogP contribution in [0.1, 0.15) is 28.5 Å². The molecule has 7 nitrogen and oxygen atoms in total. The molecule has 1 unspecified atom stereocenters. The number of aliphatic hydroxyl groups is 1. The van der Waals surface area contributed by atoms with E-state index in [4.69, 9.17) is 9.15 Å². The number of aryl methyl sites for hydroxylation is 1. The van der Waals surface area contributed by atoms with Crippen molar-refractivity contribution in [1.82, 2.24) is 4.98 Å². The van der Waals surface area contributed by atoms with Gasteiger partial charge in [0.25, 0.3) is 5.78 Å². The molecule has 0 bridgehead atoms. The van der Waals surface area contributed by atoms with Crippen molar-refractivity contribution in [3.63, 3.8) is 0 Å². The Hall–Kier alpha value is -4.69. The molecule has 1 atom stereocenters. The minimum Gasteiger partial charge on any atom is -0.507 e. The molecule has 3 aromatic carbocycles. The van der Waals surface area contributed by atoms with Gasteiger partial charge >= 0.3 is 5.91 Å². The summed E-state index contributed by atoms with van der Waals surface area (Å²) in [5, 5.41) is 11.7. The average molecular weight is 523 g/mol. The van der Waals surface area contributed by atoms with E-state index in [9.17, 15) is 14.7 Å². The fourth-order valence-corrected chi connectivity index (χ4v) is 5.55. The summed E-state index contributed by atoms with van der Waals surface area (Å²) < 4.78 is 12.5. The van der Waals surface area contributed by atoms with E-state index in [1.807, 2.05) is 61.5 Å². The molecule has 188 valence electrons. The lowest BCUT2D eigenvalue weighted by Crippen LogP contribution is -2.29. The Morgan fingerprint density at radius 2 is 1.82 bits per heavy atom. The molecule has 0 saturated carbocycles. The highest BCUT2D eigenvalue weighted by atomic mass is 32.1. The number of rotatable bonds is 6. The van der Waals surface area contributed by atoms with Crippen molar-refractivity contribution in [3.05, 3.63) is 119 Å². The van der Waals surface area contributed by atoms with Gasteiger partial charge in [0.15, 0.2) is 5.13 Å². The lowest BCUT2D eigenvalue weighted by molar-refractivity contribution is -0.132. The van der Waals surface area contributed by atoms with E-state index < -0.39 is 17.7 Å². The van der Waals surface area contributed by atoms with Crippen LogP contribution in [0.2, 0.25) is 0 Å². The molecule has 6 rings (SSSR count). The van der Waals surface area contributed by atoms with E-state index in [2.05, 4.69) is 4.98 Å². The molecule has 0 aliphatic carbocycles. The van der Waals surface area contributed by atoms with Gasteiger partial charge in [0, 0.05) is 5.56 Å². The molecule has 1 amide bonds. The number of nitrogens with zero attached hydrogens (tertiary/aromatic N) is 2. The van der Waals surface area contributed by atoms with E-state index in [0.29, 0.717) is 34.3 Å². The second-order valence-corrected chi connectivity index (χ2v) is 9.91. The van der Waals surface area contributed by atoms with E-state index >= 15 is 0 Å². The van der Waals surface area contributed by atoms with Gasteiger partial charge in [-0.3, -0.25) is 14.5 Å². The number of benzene rings is 3. The Morgan fingerprint density at radius 1 is 1.03 bits per heavy atom. The second kappa shape index (κ2) is 9.64. The van der Waals surface area contributed by atoms with Crippen LogP contribution in [0.15, 0.2) is 101 Å². The van der Waals surface area contributed by atoms with Crippen molar-refractivity contribution in [3.8, 4) is 5.75 Å². The number of Topliss-reactive ketones (excluding diaryl/α,β-unsaturated/α-hetero) is 1. The molecule has 0 spiro atoms. The van der Waals surface area contributed by atoms with Crippen LogP contribution < -0.4 is 9.64 Å². The number of thiazole rings is 1. The summed E-state index contributed by atoms with van der Waals surface area (Å²) in [5.41, 5.74) is 2.87. The molecule has 3 heterocycles. The third kappa shape index (κ3) is 4.14. The highest BCUT2D eigenvalue weighted by Gasteiger charge is 2.49. The maximum atomic E-state index is 13.3. The summed E-state index contributed by atoms with van der Waals surface area (Å²) in [5.74, 6) is -0.852. The molecular weight excluding hydrogens is 500 g/mol. The Balaban J connectivity index is 1.39. The summed E-state index contributed by atoms with van der Waals surface area (Å²) in [6.07, 6.45) is 1.47. The summed E-state index contributed by atoms with van der Waals surface area (Å²) in [6, 6.07) is 24.9. The van der Waals surface area contributed by atoms with Crippen molar-refractivity contribution < 1.29 is 23.8 Å². The van der Waals surface area contributed by atoms with Crippen molar-refractivity contribution in [1.29, 1.82) is 0 Å². The van der Waals surface area contributed by atoms with Crippen LogP contribution in [-0.4, -0.2) is 21.8 Å². The normalized spacial score (nSPS) is 16.9. The fourth-order valence-electron chi connectivity index (χ4n) is 4.56. The molecule has 5 aromatic rings. The van der Waals surface area contributed by atoms with Gasteiger partial charge in [-0.2, -0.15) is 0 Å². The maximum Gasteiger partial charge on any atom is 0.302 e. The lowest BCUT2D eigenvalue weighted by atomic mass is 9.98. The number of carbonyl (C=O) groups is 2. The number of aromatic nitrogens is 1. The number of aliphatic hydroxyl groups excluding tert-OH is 1. The highest BCUT2D eigenvalue weighted by Crippen LogP contribution is 2.44. The molecular formula is C30H22N2O5S. The summed E-state index contributed by atoms with van der Waals surface area (Å²) >= 11 is 1.30. The molecule has 1 aliphatic rings. The van der Waals surface area contributed by atoms with Crippen LogP contribution in [0.4, 0.5) is 5.13 Å². The fraction of sp³-hybridized carbons (Fsp3) is 0.100. The number of hydrogen-bond acceptors (Lipinski definition) is 7. The summed E-state index contributed by atoms with van der Waals surface area (Å²) in [7, 11) is 0. The Kier molecular flexibility index (Phi) is 6.01. The first kappa shape index (κ1) is 23.7. The van der Waals surface area contributed by atoms with Crippen LogP contribution in [0, 0.1) is 6.92 Å². The number of anilines is 1. The predicted octanol–water partition coefficient (Wildman–Crippen LogP) is 6.40. The zero-order valence-electron chi connectivity index (χ0n) is 20.3. The Bertz CT molecular complexity index is 1660. The lowest BCUT2D eigenvalue weighted by Gasteiger charge is -2.20. The molecule has 1 aliphatic heterocycles. The smallest absolute Gasteiger partial charge is 0.302 e. The number of ether oxygens (including phenoxy) is 1. The zero-order chi connectivity index (χ0) is 26.2. The predicted molar refractivity (Wildman–Crippen MR) is 145 cm³/mol. The first-order valence-corrected chi connectivity index (χ1v) is 12.8. The van der Waals surface area contributed by atoms with Crippen LogP contribution >= 0.6 is 11.3 Å². The van der Waals surface area contributed by atoms with Crippen molar-refractivity contribution in [2.75, 3.05) is 4.90 Å². The third-order valence-electron chi connectivity index (χ3n) is 6.43. The van der Waals surface area contributed by atoms with Crippen molar-refractivity contribution >= 4 is 44.1 Å². The Morgan fingerprint density at radius 3 is 2.55 bits per heavy atom. The van der Waals surface area contributed by atoms with E-state index in [1.165, 1.54) is 22.5 Å². The minimum atomic E-state index is -0.958. The average Bonchev–Trinajstić information content (AvgIpc) is 3.67. The minimum absolute atomic E-state index is 0.0541. The molecule has 0 radical (unpaired) electrons. The van der Waals surface area contributed by atoms with Crippen LogP contribution in [0.5, 0.6) is 5.75 Å². The van der Waals surface area contributed by atoms with Crippen LogP contribution in [0.3, 0.4) is 0 Å². The number of fused-ring (bicyclic) bond motifs is 1. The molecule has 1 saturated heterocycles. The largest absolute Gasteiger partial charge is 0.507 e. The SMILES string of the molecule is Cc1cc(/C(O)=C2\C(=O)C(=O)N(c3nc4ccccc4s3)C2c2ccco2)ccc1OCc1ccccc1. The van der Waals surface area contributed by atoms with Crippen LogP contribution in [0.25, 0.3) is 16.0 Å². The quantitative estimate of drug-likeness (QED) is 0.158. The Labute approximate surface area is 222 Å². The van der Waals surface area contributed by atoms with Crippen LogP contribution in [-0.2, 0) is 16.2 Å². The topological polar surface area (TPSA) is 92.9 Å². The standard InChI is InChI=1S/C30H22N2O5S/c1-18-16-20(13-14-22(18)37-17-19-8-3-2-4-9-19)27(33)25-26(23-11-7-15-36-23)32(29(35)28(25)34)30-31-21-10-5-6-12-24(21)38-30/h2-16,26,33H,17H2,1H3/b27-25+. The summed E-state index contributed by atoms with van der Waals surface area (Å²) in [6.45, 7) is 2.26. The van der Waals surface area contributed by atoms with Gasteiger partial charge in [0.1, 0.15) is 29.9 Å². The van der Waals surface area contributed by atoms with E-state index in [-0.39, 0.29) is 11.3 Å². The van der Waals surface area contributed by atoms with Gasteiger partial charge in [-0.25, -0.2) is 4.98 Å². The monoisotopic (exact) mass is 522 g/mol. The van der Waals surface area contributed by atoms with Gasteiger partial charge in [-0.05, 0) is 60.5 Å². The van der Waals surface area contributed by atoms with Gasteiger partial charge < -0.3 is 14.3 Å². The van der Waals surface area contributed by atoms with E-state index in [0.717, 1.165) is 15.8 Å². The molecule has 38 heavy (non-hydrogen) atoms. The molecule has 2 aromatic heterocycles. The first-order valence-electron chi connectivity index (χ1n) is 12.0. The van der Waals surface area contributed by atoms with Crippen molar-refractivity contribution in [2.45, 2.75) is 19.6 Å². The maximum absolute atomic E-state index is 13.3. The summed E-state index contributed by atoms with van der Waals surface area (Å²) in [4.78, 5) is 32.5. The molecule has 1 N–H and O–H groups in total. The molecule has 1 fully saturated rings. The zero-order valence-corrected chi connectivity index (χ0v) is 21.1. The number of furan rings is 1. The van der Waals surface area contributed by atoms with Gasteiger partial charge in [-0.1, -0.05) is 53.8 Å². The number of ketones is 1. The van der Waals surface area contributed by atoms with Gasteiger partial charge in [0.05, 0.1) is 22.1 Å². The number of amides is 1. The van der Waals surface area contributed by atoms with Gasteiger partial charge in [-0.15, -0.1) is 0 Å². The molecule has 8 heteroatoms. The highest BCUT2D eigenvalue weighted by molar-refractivity contribution is 7.22. The number of carbonyl (C=O) groups excluding carboxylic acids is 2. The second-order valence-electron chi connectivity index (χ2n) is 8.90. The number of hydrogen-bond donors (Lipinski definition) is 1. The van der Waals surface area contributed by atoms with Crippen molar-refractivity contribution in [2.24, 2.45) is 0 Å². The van der Waals surface area contributed by atoms with E-state index in [1.54, 1.807) is 30.3 Å².